The topological polar surface area (TPSA) is 123 Å². The Bertz CT molecular complexity index is 1040. The van der Waals surface area contributed by atoms with Crippen LogP contribution in [-0.2, 0) is 0 Å². The first-order chi connectivity index (χ1) is 24.4. The van der Waals surface area contributed by atoms with Gasteiger partial charge in [-0.05, 0) is 59.8 Å². The van der Waals surface area contributed by atoms with Crippen molar-refractivity contribution in [2.75, 3.05) is 148 Å². The Morgan fingerprint density at radius 1 is 0.667 bits per heavy atom. The van der Waals surface area contributed by atoms with Gasteiger partial charge in [0.2, 0.25) is 0 Å². The molecule has 15 heteroatoms. The second kappa shape index (κ2) is 26.2. The maximum atomic E-state index is 7.86. The molecule has 0 aliphatic carbocycles. The van der Waals surface area contributed by atoms with Gasteiger partial charge in [-0.1, -0.05) is 0 Å². The lowest BCUT2D eigenvalue weighted by Crippen LogP contribution is -2.50. The third-order valence-corrected chi connectivity index (χ3v) is 8.85. The average molecular weight is 720 g/mol. The highest BCUT2D eigenvalue weighted by atomic mass is 15.4. The van der Waals surface area contributed by atoms with E-state index in [2.05, 4.69) is 89.8 Å². The minimum absolute atomic E-state index is 0.657. The molecule has 0 radical (unpaired) electrons. The minimum atomic E-state index is 0.657. The largest absolute Gasteiger partial charge is 0.356 e. The van der Waals surface area contributed by atoms with Gasteiger partial charge in [0.05, 0.1) is 0 Å². The molecule has 3 N–H and O–H groups in total. The molecule has 0 aromatic heterocycles. The number of nitrogens with zero attached hydrogens (tertiary/aromatic N) is 12. The highest BCUT2D eigenvalue weighted by Gasteiger charge is 2.22. The predicted octanol–water partition coefficient (Wildman–Crippen LogP) is 2.02. The molecule has 296 valence electrons. The second-order valence-corrected chi connectivity index (χ2v) is 13.5. The number of fused-ring (bicyclic) bond motifs is 2. The molecule has 0 atom stereocenters. The molecule has 2 saturated heterocycles. The Morgan fingerprint density at radius 2 is 1.18 bits per heavy atom. The summed E-state index contributed by atoms with van der Waals surface area (Å²) in [6, 6.07) is 0. The van der Waals surface area contributed by atoms with Crippen LogP contribution in [-0.4, -0.2) is 217 Å². The van der Waals surface area contributed by atoms with E-state index in [1.165, 1.54) is 64.4 Å². The number of nitrogens with one attached hydrogen (secondary N) is 3. The standard InChI is InChI=1S/C9H21N3.C8H15N3.C7H13N3.C6H13N3.C6H15N3/c1-5-11(6-2)9(10)12(7-3)8-4;1-10-5-3-7-11-6-2-4-9-8(10)11;1-3-8-7-9-4-2-6-10(7)5-1;1-9(2)6-7-4-3-5-8-6;1-7-6(8(2)3)9(4)5/h10H,5-8H2,1-4H3;2-7H2,1H3;1-6H2,(H,8,9);3-5H2,1-2H3,(H,7,8);1-5H3. The summed E-state index contributed by atoms with van der Waals surface area (Å²) in [5.41, 5.74) is 0. The molecule has 2 fully saturated rings. The SMILES string of the molecule is C1CN=C2NCCCN2C1.CCN(CC)C(=N)N(CC)CC.CN(C)C1=NCCCN1.CN1CCCN2CCCN=C12.CN=C(N(C)C)N(C)C. The van der Waals surface area contributed by atoms with Crippen molar-refractivity contribution < 1.29 is 0 Å². The van der Waals surface area contributed by atoms with E-state index in [9.17, 15) is 0 Å². The monoisotopic (exact) mass is 720 g/mol. The highest BCUT2D eigenvalue weighted by molar-refractivity contribution is 5.82. The van der Waals surface area contributed by atoms with Crippen LogP contribution >= 0.6 is 0 Å². The van der Waals surface area contributed by atoms with Crippen molar-refractivity contribution in [3.05, 3.63) is 0 Å². The molecule has 5 rings (SSSR count). The van der Waals surface area contributed by atoms with Crippen LogP contribution in [0.5, 0.6) is 0 Å². The first-order valence-electron chi connectivity index (χ1n) is 19.3. The van der Waals surface area contributed by atoms with E-state index < -0.39 is 0 Å². The molecule has 15 nitrogen and oxygen atoms in total. The van der Waals surface area contributed by atoms with Gasteiger partial charge in [0.1, 0.15) is 0 Å². The van der Waals surface area contributed by atoms with Crippen LogP contribution in [0.15, 0.2) is 20.0 Å². The van der Waals surface area contributed by atoms with Gasteiger partial charge in [-0.3, -0.25) is 25.4 Å². The van der Waals surface area contributed by atoms with E-state index in [1.54, 1.807) is 7.05 Å². The quantitative estimate of drug-likeness (QED) is 0.294. The predicted molar refractivity (Wildman–Crippen MR) is 220 cm³/mol. The van der Waals surface area contributed by atoms with Crippen molar-refractivity contribution >= 4 is 29.8 Å². The summed E-state index contributed by atoms with van der Waals surface area (Å²) in [7, 11) is 15.8. The van der Waals surface area contributed by atoms with E-state index in [0.717, 1.165) is 83.2 Å². The summed E-state index contributed by atoms with van der Waals surface area (Å²) < 4.78 is 0. The van der Waals surface area contributed by atoms with Crippen LogP contribution in [0.3, 0.4) is 0 Å². The van der Waals surface area contributed by atoms with Crippen molar-refractivity contribution in [3.8, 4) is 0 Å². The van der Waals surface area contributed by atoms with E-state index in [4.69, 9.17) is 5.41 Å². The fourth-order valence-electron chi connectivity index (χ4n) is 6.19. The van der Waals surface area contributed by atoms with Crippen molar-refractivity contribution in [2.45, 2.75) is 59.8 Å². The number of hydrogen-bond donors (Lipinski definition) is 3. The van der Waals surface area contributed by atoms with Gasteiger partial charge >= 0.3 is 0 Å². The zero-order valence-corrected chi connectivity index (χ0v) is 34.8. The van der Waals surface area contributed by atoms with Gasteiger partial charge in [0.25, 0.3) is 0 Å². The summed E-state index contributed by atoms with van der Waals surface area (Å²) in [6.07, 6.45) is 6.18. The van der Waals surface area contributed by atoms with Crippen LogP contribution in [0.4, 0.5) is 0 Å². The fourth-order valence-corrected chi connectivity index (χ4v) is 6.19. The lowest BCUT2D eigenvalue weighted by atomic mass is 10.2. The molecule has 0 spiro atoms. The van der Waals surface area contributed by atoms with Crippen molar-refractivity contribution in [2.24, 2.45) is 20.0 Å². The Morgan fingerprint density at radius 3 is 1.61 bits per heavy atom. The molecule has 0 aromatic carbocycles. The summed E-state index contributed by atoms with van der Waals surface area (Å²) in [5.74, 6) is 5.02. The van der Waals surface area contributed by atoms with E-state index in [-0.39, 0.29) is 0 Å². The first-order valence-corrected chi connectivity index (χ1v) is 19.3. The van der Waals surface area contributed by atoms with Gasteiger partial charge in [0.15, 0.2) is 29.8 Å². The van der Waals surface area contributed by atoms with Gasteiger partial charge in [-0.2, -0.15) is 0 Å². The van der Waals surface area contributed by atoms with E-state index in [1.807, 2.05) is 57.0 Å². The van der Waals surface area contributed by atoms with Crippen molar-refractivity contribution in [3.63, 3.8) is 0 Å². The highest BCUT2D eigenvalue weighted by Crippen LogP contribution is 2.11. The Labute approximate surface area is 312 Å². The maximum Gasteiger partial charge on any atom is 0.196 e. The molecule has 0 bridgehead atoms. The molecular weight excluding hydrogens is 643 g/mol. The molecule has 0 amide bonds. The number of hydrogen-bond acceptors (Lipinski definition) is 11. The Kier molecular flexibility index (Phi) is 23.3. The van der Waals surface area contributed by atoms with Crippen LogP contribution in [0.2, 0.25) is 0 Å². The Balaban J connectivity index is 0.000000320. The summed E-state index contributed by atoms with van der Waals surface area (Å²) >= 11 is 0. The van der Waals surface area contributed by atoms with Crippen LogP contribution in [0.25, 0.3) is 0 Å². The number of aliphatic imine (C=N–C) groups is 4. The van der Waals surface area contributed by atoms with E-state index in [0.29, 0.717) is 5.96 Å². The van der Waals surface area contributed by atoms with E-state index >= 15 is 0 Å². The number of guanidine groups is 5. The van der Waals surface area contributed by atoms with Crippen LogP contribution in [0.1, 0.15) is 59.8 Å². The fraction of sp³-hybridized carbons (Fsp3) is 0.861. The molecule has 0 saturated carbocycles. The van der Waals surface area contributed by atoms with Crippen molar-refractivity contribution in [1.82, 2.24) is 49.8 Å². The summed E-state index contributed by atoms with van der Waals surface area (Å²) in [5, 5.41) is 14.3. The number of rotatable bonds is 4. The molecule has 0 aromatic rings. The lowest BCUT2D eigenvalue weighted by Gasteiger charge is -2.39. The smallest absolute Gasteiger partial charge is 0.196 e. The van der Waals surface area contributed by atoms with Gasteiger partial charge in [-0.15, -0.1) is 0 Å². The van der Waals surface area contributed by atoms with Crippen LogP contribution in [0, 0.1) is 5.41 Å². The normalized spacial score (nSPS) is 17.2. The molecule has 5 aliphatic heterocycles. The molecule has 51 heavy (non-hydrogen) atoms. The third kappa shape index (κ3) is 16.9. The Hall–Kier alpha value is -3.65. The zero-order chi connectivity index (χ0) is 38.2. The summed E-state index contributed by atoms with van der Waals surface area (Å²) in [6.45, 7) is 23.2. The van der Waals surface area contributed by atoms with Gasteiger partial charge < -0.3 is 49.8 Å². The average Bonchev–Trinajstić information content (AvgIpc) is 3.14. The molecule has 5 aliphatic rings. The van der Waals surface area contributed by atoms with Gasteiger partial charge in [-0.25, -0.2) is 0 Å². The minimum Gasteiger partial charge on any atom is -0.356 e. The third-order valence-electron chi connectivity index (χ3n) is 8.85. The zero-order valence-electron chi connectivity index (χ0n) is 34.8. The van der Waals surface area contributed by atoms with Gasteiger partial charge in [0, 0.05) is 148 Å². The lowest BCUT2D eigenvalue weighted by molar-refractivity contribution is 0.269. The maximum absolute atomic E-state index is 7.86. The van der Waals surface area contributed by atoms with Crippen molar-refractivity contribution in [1.29, 1.82) is 5.41 Å². The van der Waals surface area contributed by atoms with Crippen LogP contribution < -0.4 is 10.6 Å². The second-order valence-electron chi connectivity index (χ2n) is 13.5. The molecule has 0 unspecified atom stereocenters. The molecule has 5 heterocycles. The molecular formula is C36H77N15. The first kappa shape index (κ1) is 45.4. The summed E-state index contributed by atoms with van der Waals surface area (Å²) in [4.78, 5) is 34.3.